The zero-order valence-corrected chi connectivity index (χ0v) is 26.0. The van der Waals surface area contributed by atoms with Gasteiger partial charge in [-0.25, -0.2) is 0 Å². The summed E-state index contributed by atoms with van der Waals surface area (Å²) in [5, 5.41) is 47.4. The number of nitrogens with one attached hydrogen (secondary N) is 1. The predicted octanol–water partition coefficient (Wildman–Crippen LogP) is 2.93. The van der Waals surface area contributed by atoms with E-state index in [0.717, 1.165) is 5.56 Å². The molecule has 1 amide bonds. The quantitative estimate of drug-likeness (QED) is 0.175. The number of methoxy groups -OCH3 is 1. The number of nitrogens with two attached hydrogens (primary N) is 1. The highest BCUT2D eigenvalue weighted by atomic mass is 16.5. The summed E-state index contributed by atoms with van der Waals surface area (Å²) in [4.78, 5) is 51.6. The topological polar surface area (TPSA) is 206 Å². The summed E-state index contributed by atoms with van der Waals surface area (Å²) in [5.74, 6) is -6.76. The van der Waals surface area contributed by atoms with Crippen LogP contribution < -0.4 is 15.8 Å². The highest BCUT2D eigenvalue weighted by Crippen LogP contribution is 2.52. The van der Waals surface area contributed by atoms with E-state index in [1.807, 2.05) is 26.0 Å². The van der Waals surface area contributed by atoms with Crippen molar-refractivity contribution in [1.29, 1.82) is 0 Å². The molecule has 3 aliphatic rings. The second-order valence-electron chi connectivity index (χ2n) is 12.3. The normalized spacial score (nSPS) is 23.1. The molecule has 244 valence electrons. The number of allylic oxidation sites excluding steroid dienone is 2. The van der Waals surface area contributed by atoms with Gasteiger partial charge in [-0.2, -0.15) is 0 Å². The fraction of sp³-hybridized carbons (Fsp3) is 0.412. The second-order valence-corrected chi connectivity index (χ2v) is 12.3. The number of amides is 1. The van der Waals surface area contributed by atoms with Crippen molar-refractivity contribution in [3.63, 3.8) is 0 Å². The van der Waals surface area contributed by atoms with Gasteiger partial charge in [-0.05, 0) is 66.5 Å². The molecule has 0 heterocycles. The molecule has 0 fully saturated rings. The first-order valence-electron chi connectivity index (χ1n) is 15.2. The van der Waals surface area contributed by atoms with Crippen LogP contribution in [0.5, 0.6) is 11.5 Å². The van der Waals surface area contributed by atoms with E-state index in [2.05, 4.69) is 5.32 Å². The summed E-state index contributed by atoms with van der Waals surface area (Å²) < 4.78 is 10.9. The molecule has 0 aliphatic heterocycles. The molecule has 12 nitrogen and oxygen atoms in total. The Labute approximate surface area is 265 Å². The molecule has 0 radical (unpaired) electrons. The van der Waals surface area contributed by atoms with E-state index in [4.69, 9.17) is 15.2 Å². The molecule has 0 saturated carbocycles. The smallest absolute Gasteiger partial charge is 0.323 e. The van der Waals surface area contributed by atoms with Gasteiger partial charge in [-0.1, -0.05) is 26.0 Å². The Morgan fingerprint density at radius 2 is 1.80 bits per heavy atom. The average Bonchev–Trinajstić information content (AvgIpc) is 2.99. The van der Waals surface area contributed by atoms with Crippen LogP contribution >= 0.6 is 0 Å². The zero-order chi connectivity index (χ0) is 33.7. The van der Waals surface area contributed by atoms with Gasteiger partial charge >= 0.3 is 5.97 Å². The number of aliphatic hydroxyl groups is 3. The van der Waals surface area contributed by atoms with Crippen LogP contribution in [0.3, 0.4) is 0 Å². The van der Waals surface area contributed by atoms with Crippen LogP contribution in [0.1, 0.15) is 55.1 Å². The van der Waals surface area contributed by atoms with Gasteiger partial charge in [0.15, 0.2) is 11.4 Å². The minimum atomic E-state index is -2.63. The van der Waals surface area contributed by atoms with Crippen molar-refractivity contribution in [2.24, 2.45) is 23.5 Å². The number of ketones is 2. The third kappa shape index (κ3) is 5.21. The molecule has 0 spiro atoms. The number of fused-ring (bicyclic) bond motifs is 3. The monoisotopic (exact) mass is 634 g/mol. The second kappa shape index (κ2) is 12.3. The van der Waals surface area contributed by atoms with Crippen LogP contribution in [0, 0.1) is 17.8 Å². The molecule has 2 aromatic rings. The number of aromatic hydroxyl groups is 1. The van der Waals surface area contributed by atoms with Gasteiger partial charge in [-0.3, -0.25) is 19.2 Å². The molecular formula is C34H38N2O10. The zero-order valence-electron chi connectivity index (χ0n) is 26.0. The van der Waals surface area contributed by atoms with Crippen molar-refractivity contribution in [2.45, 2.75) is 58.2 Å². The third-order valence-electron chi connectivity index (χ3n) is 9.23. The Kier molecular flexibility index (Phi) is 8.71. The van der Waals surface area contributed by atoms with Gasteiger partial charge in [0.05, 0.1) is 19.3 Å². The van der Waals surface area contributed by atoms with Crippen LogP contribution in [0.4, 0.5) is 0 Å². The number of carbonyl (C=O) groups is 4. The van der Waals surface area contributed by atoms with Gasteiger partial charge in [0.25, 0.3) is 5.91 Å². The predicted molar refractivity (Wildman–Crippen MR) is 165 cm³/mol. The third-order valence-corrected chi connectivity index (χ3v) is 9.23. The van der Waals surface area contributed by atoms with Crippen LogP contribution in [-0.4, -0.2) is 69.2 Å². The summed E-state index contributed by atoms with van der Waals surface area (Å²) in [6.45, 7) is 6.16. The lowest BCUT2D eigenvalue weighted by molar-refractivity contribution is -0.147. The largest absolute Gasteiger partial charge is 0.511 e. The lowest BCUT2D eigenvalue weighted by Crippen LogP contribution is -2.57. The standard InChI is InChI=1S/C34H38N2O10/c1-5-46-33(43)28(15(2)3)36-14-16-6-9-24(45-4)20(10-16)19-7-8-22(37)26-21(19)12-17-11-18-13-23(38)27(32(35)42)31(41)34(18,44)30(40)25(17)29(26)39/h6-10,15,17-18,28,36-38,40,44H,5,11-14H2,1-4H3,(H2,35,42)/t17-,18+,28?,34+/m1/s1. The number of aliphatic hydroxyl groups excluding tert-OH is 2. The Bertz CT molecular complexity index is 1710. The summed E-state index contributed by atoms with van der Waals surface area (Å²) in [6, 6.07) is 7.95. The molecule has 5 rings (SSSR count). The Morgan fingerprint density at radius 3 is 2.43 bits per heavy atom. The lowest BCUT2D eigenvalue weighted by Gasteiger charge is -2.45. The number of carbonyl (C=O) groups excluding carboxylic acids is 4. The molecule has 12 heteroatoms. The molecule has 0 saturated heterocycles. The fourth-order valence-electron chi connectivity index (χ4n) is 7.00. The van der Waals surface area contributed by atoms with E-state index in [9.17, 15) is 39.6 Å². The van der Waals surface area contributed by atoms with E-state index in [0.29, 0.717) is 29.0 Å². The fourth-order valence-corrected chi connectivity index (χ4v) is 7.00. The van der Waals surface area contributed by atoms with E-state index in [1.54, 1.807) is 19.1 Å². The van der Waals surface area contributed by atoms with Crippen molar-refractivity contribution in [3.8, 4) is 22.6 Å². The minimum Gasteiger partial charge on any atom is -0.511 e. The molecule has 0 bridgehead atoms. The number of benzene rings is 2. The van der Waals surface area contributed by atoms with E-state index >= 15 is 0 Å². The van der Waals surface area contributed by atoms with Gasteiger partial charge < -0.3 is 41.0 Å². The van der Waals surface area contributed by atoms with Crippen molar-refractivity contribution < 1.29 is 49.1 Å². The average molecular weight is 635 g/mol. The Hall–Kier alpha value is -4.68. The molecule has 7 N–H and O–H groups in total. The number of phenols is 1. The summed E-state index contributed by atoms with van der Waals surface area (Å²) in [5.41, 5.74) is 3.98. The Morgan fingerprint density at radius 1 is 1.09 bits per heavy atom. The lowest BCUT2D eigenvalue weighted by atomic mass is 9.60. The summed E-state index contributed by atoms with van der Waals surface area (Å²) in [6.07, 6.45) is -0.153. The van der Waals surface area contributed by atoms with Crippen molar-refractivity contribution >= 4 is 23.4 Å². The first-order chi connectivity index (χ1) is 21.8. The number of phenolic OH excluding ortho intramolecular Hbond substituents is 1. The van der Waals surface area contributed by atoms with E-state index < -0.39 is 58.0 Å². The maximum Gasteiger partial charge on any atom is 0.323 e. The van der Waals surface area contributed by atoms with Gasteiger partial charge in [0.2, 0.25) is 5.78 Å². The van der Waals surface area contributed by atoms with Gasteiger partial charge in [-0.15, -0.1) is 0 Å². The van der Waals surface area contributed by atoms with Crippen LogP contribution in [0.15, 0.2) is 53.0 Å². The summed E-state index contributed by atoms with van der Waals surface area (Å²) >= 11 is 0. The SMILES string of the molecule is CCOC(=O)C(NCc1ccc(OC)c(-c2ccc(O)c3c2C[C@H]2C[C@H]4CC(O)=C(C(N)=O)C(=O)[C@@]4(O)C(O)=C2C3=O)c1)C(C)C. The maximum absolute atomic E-state index is 14.0. The first kappa shape index (κ1) is 32.7. The number of hydrogen-bond acceptors (Lipinski definition) is 11. The highest BCUT2D eigenvalue weighted by Gasteiger charge is 2.59. The molecule has 4 atom stereocenters. The highest BCUT2D eigenvalue weighted by molar-refractivity contribution is 6.24. The van der Waals surface area contributed by atoms with Gasteiger partial charge in [0, 0.05) is 30.0 Å². The molecular weight excluding hydrogens is 596 g/mol. The van der Waals surface area contributed by atoms with Crippen molar-refractivity contribution in [3.05, 3.63) is 69.7 Å². The van der Waals surface area contributed by atoms with E-state index in [1.165, 1.54) is 13.2 Å². The van der Waals surface area contributed by atoms with Crippen LogP contribution in [0.25, 0.3) is 11.1 Å². The molecule has 1 unspecified atom stereocenters. The number of ether oxygens (including phenoxy) is 2. The van der Waals surface area contributed by atoms with Gasteiger partial charge in [0.1, 0.15) is 34.6 Å². The molecule has 46 heavy (non-hydrogen) atoms. The Balaban J connectivity index is 1.57. The molecule has 3 aliphatic carbocycles. The van der Waals surface area contributed by atoms with Crippen molar-refractivity contribution in [1.82, 2.24) is 5.32 Å². The number of esters is 1. The van der Waals surface area contributed by atoms with Crippen molar-refractivity contribution in [2.75, 3.05) is 13.7 Å². The molecule has 2 aromatic carbocycles. The summed E-state index contributed by atoms with van der Waals surface area (Å²) in [7, 11) is 1.51. The van der Waals surface area contributed by atoms with Crippen LogP contribution in [0.2, 0.25) is 0 Å². The van der Waals surface area contributed by atoms with E-state index in [-0.39, 0.29) is 54.6 Å². The maximum atomic E-state index is 14.0. The number of rotatable bonds is 9. The number of primary amides is 1. The number of hydrogen-bond donors (Lipinski definition) is 6. The first-order valence-corrected chi connectivity index (χ1v) is 15.2. The molecule has 0 aromatic heterocycles. The van der Waals surface area contributed by atoms with Crippen LogP contribution in [-0.2, 0) is 32.1 Å². The number of Topliss-reactive ketones (excluding diaryl/α,β-unsaturated/α-hetero) is 2. The minimum absolute atomic E-state index is 0.0174.